The van der Waals surface area contributed by atoms with Gasteiger partial charge in [0.1, 0.15) is 0 Å². The molecule has 0 bridgehead atoms. The van der Waals surface area contributed by atoms with Gasteiger partial charge in [-0.2, -0.15) is 4.98 Å². The lowest BCUT2D eigenvalue weighted by Crippen LogP contribution is -2.47. The number of nitrogens with zero attached hydrogens (tertiary/aromatic N) is 2. The Morgan fingerprint density at radius 1 is 1.61 bits per heavy atom. The first-order valence-corrected chi connectivity index (χ1v) is 6.18. The van der Waals surface area contributed by atoms with Gasteiger partial charge in [0.15, 0.2) is 5.82 Å². The molecule has 1 aromatic rings. The second kappa shape index (κ2) is 5.90. The van der Waals surface area contributed by atoms with E-state index in [1.54, 1.807) is 13.8 Å². The van der Waals surface area contributed by atoms with Crippen LogP contribution in [0.4, 0.5) is 0 Å². The smallest absolute Gasteiger partial charge is 0.232 e. The van der Waals surface area contributed by atoms with Gasteiger partial charge in [0.05, 0.1) is 10.4 Å². The Balaban J connectivity index is 2.48. The Hall–Kier alpha value is -1.50. The highest BCUT2D eigenvalue weighted by Gasteiger charge is 2.34. The Morgan fingerprint density at radius 3 is 2.72 bits per heavy atom. The minimum Gasteiger partial charge on any atom is -0.392 e. The van der Waals surface area contributed by atoms with Crippen LogP contribution in [-0.2, 0) is 11.2 Å². The van der Waals surface area contributed by atoms with Gasteiger partial charge in [-0.3, -0.25) is 4.79 Å². The molecule has 7 heteroatoms. The Bertz CT molecular complexity index is 446. The summed E-state index contributed by atoms with van der Waals surface area (Å²) >= 11 is 4.93. The second-order valence-corrected chi connectivity index (χ2v) is 4.73. The van der Waals surface area contributed by atoms with Crippen molar-refractivity contribution >= 4 is 23.1 Å². The largest absolute Gasteiger partial charge is 0.392 e. The number of nitrogens with one attached hydrogen (secondary N) is 1. The van der Waals surface area contributed by atoms with E-state index in [-0.39, 0.29) is 10.9 Å². The quantitative estimate of drug-likeness (QED) is 0.740. The van der Waals surface area contributed by atoms with Gasteiger partial charge in [-0.1, -0.05) is 24.3 Å². The summed E-state index contributed by atoms with van der Waals surface area (Å²) in [6, 6.07) is 0. The average molecular weight is 270 g/mol. The van der Waals surface area contributed by atoms with Crippen molar-refractivity contribution < 1.29 is 9.32 Å². The Kier molecular flexibility index (Phi) is 4.77. The van der Waals surface area contributed by atoms with Crippen LogP contribution < -0.4 is 11.1 Å². The molecule has 0 fully saturated rings. The third kappa shape index (κ3) is 3.25. The average Bonchev–Trinajstić information content (AvgIpc) is 2.73. The highest BCUT2D eigenvalue weighted by molar-refractivity contribution is 7.80. The molecule has 1 heterocycles. The molecule has 100 valence electrons. The maximum Gasteiger partial charge on any atom is 0.232 e. The Morgan fingerprint density at radius 2 is 2.28 bits per heavy atom. The minimum atomic E-state index is -0.805. The summed E-state index contributed by atoms with van der Waals surface area (Å²) in [6.07, 6.45) is 1.05. The molecule has 0 saturated carbocycles. The summed E-state index contributed by atoms with van der Waals surface area (Å²) in [5.41, 5.74) is 4.79. The van der Waals surface area contributed by atoms with E-state index in [4.69, 9.17) is 22.5 Å². The molecule has 0 aliphatic rings. The van der Waals surface area contributed by atoms with E-state index in [1.807, 2.05) is 6.92 Å². The van der Waals surface area contributed by atoms with Crippen LogP contribution in [-0.4, -0.2) is 27.6 Å². The van der Waals surface area contributed by atoms with Gasteiger partial charge in [-0.05, 0) is 20.3 Å². The highest BCUT2D eigenvalue weighted by Crippen LogP contribution is 2.21. The van der Waals surface area contributed by atoms with Crippen LogP contribution in [0.25, 0.3) is 0 Å². The number of carbonyl (C=O) groups is 1. The van der Waals surface area contributed by atoms with Crippen LogP contribution in [0.5, 0.6) is 0 Å². The molecule has 0 saturated heterocycles. The van der Waals surface area contributed by atoms with Crippen molar-refractivity contribution in [3.63, 3.8) is 0 Å². The highest BCUT2D eigenvalue weighted by atomic mass is 32.1. The standard InChI is InChI=1S/C11H18N4O2S/c1-4-11(3,9(12)18)10(16)13-6-5-8-14-7(2)15-17-8/h4-6H2,1-3H3,(H2,12,18)(H,13,16). The lowest BCUT2D eigenvalue weighted by molar-refractivity contribution is -0.126. The summed E-state index contributed by atoms with van der Waals surface area (Å²) in [6.45, 7) is 5.77. The van der Waals surface area contributed by atoms with Crippen LogP contribution in [0.1, 0.15) is 32.0 Å². The van der Waals surface area contributed by atoms with Crippen molar-refractivity contribution in [3.8, 4) is 0 Å². The fourth-order valence-electron chi connectivity index (χ4n) is 1.37. The van der Waals surface area contributed by atoms with Gasteiger partial charge in [0.25, 0.3) is 0 Å². The number of thiocarbonyl (C=S) groups is 1. The zero-order chi connectivity index (χ0) is 13.8. The van der Waals surface area contributed by atoms with E-state index in [1.165, 1.54) is 0 Å². The van der Waals surface area contributed by atoms with Crippen molar-refractivity contribution in [3.05, 3.63) is 11.7 Å². The fourth-order valence-corrected chi connectivity index (χ4v) is 1.60. The monoisotopic (exact) mass is 270 g/mol. The summed E-state index contributed by atoms with van der Waals surface area (Å²) in [4.78, 5) is 16.2. The van der Waals surface area contributed by atoms with Gasteiger partial charge >= 0.3 is 0 Å². The minimum absolute atomic E-state index is 0.172. The van der Waals surface area contributed by atoms with Crippen molar-refractivity contribution in [2.75, 3.05) is 6.54 Å². The maximum absolute atomic E-state index is 12.0. The number of amides is 1. The van der Waals surface area contributed by atoms with E-state index in [9.17, 15) is 4.79 Å². The van der Waals surface area contributed by atoms with Gasteiger partial charge in [-0.15, -0.1) is 0 Å². The van der Waals surface area contributed by atoms with Crippen molar-refractivity contribution in [1.82, 2.24) is 15.5 Å². The lowest BCUT2D eigenvalue weighted by atomic mass is 9.86. The van der Waals surface area contributed by atoms with Crippen molar-refractivity contribution in [2.24, 2.45) is 11.1 Å². The first kappa shape index (κ1) is 14.6. The van der Waals surface area contributed by atoms with Crippen molar-refractivity contribution in [2.45, 2.75) is 33.6 Å². The molecule has 0 spiro atoms. The molecule has 3 N–H and O–H groups in total. The SMILES string of the molecule is CCC(C)(C(=O)NCCc1nc(C)no1)C(N)=S. The van der Waals surface area contributed by atoms with E-state index < -0.39 is 5.41 Å². The number of rotatable bonds is 6. The summed E-state index contributed by atoms with van der Waals surface area (Å²) in [7, 11) is 0. The summed E-state index contributed by atoms with van der Waals surface area (Å²) < 4.78 is 4.94. The molecule has 1 atom stereocenters. The molecule has 1 aromatic heterocycles. The first-order chi connectivity index (χ1) is 8.40. The van der Waals surface area contributed by atoms with Crippen molar-refractivity contribution in [1.29, 1.82) is 0 Å². The second-order valence-electron chi connectivity index (χ2n) is 4.29. The molecule has 1 rings (SSSR count). The van der Waals surface area contributed by atoms with Crippen LogP contribution in [0.3, 0.4) is 0 Å². The molecule has 1 unspecified atom stereocenters. The molecule has 0 aliphatic heterocycles. The Labute approximate surface area is 111 Å². The van der Waals surface area contributed by atoms with Crippen LogP contribution in [0.2, 0.25) is 0 Å². The number of aryl methyl sites for hydroxylation is 1. The molecule has 6 nitrogen and oxygen atoms in total. The number of aromatic nitrogens is 2. The van der Waals surface area contributed by atoms with E-state index in [2.05, 4.69) is 15.5 Å². The predicted octanol–water partition coefficient (Wildman–Crippen LogP) is 0.739. The molecular formula is C11H18N4O2S. The predicted molar refractivity (Wildman–Crippen MR) is 70.9 cm³/mol. The number of nitrogens with two attached hydrogens (primary N) is 1. The van der Waals surface area contributed by atoms with E-state index in [0.717, 1.165) is 0 Å². The molecule has 0 aliphatic carbocycles. The number of hydrogen-bond donors (Lipinski definition) is 2. The number of carbonyl (C=O) groups excluding carboxylic acids is 1. The molecule has 0 radical (unpaired) electrons. The molecule has 1 amide bonds. The topological polar surface area (TPSA) is 94.0 Å². The van der Waals surface area contributed by atoms with Gasteiger partial charge in [0, 0.05) is 13.0 Å². The van der Waals surface area contributed by atoms with Crippen LogP contribution in [0, 0.1) is 12.3 Å². The maximum atomic E-state index is 12.0. The first-order valence-electron chi connectivity index (χ1n) is 5.77. The third-order valence-electron chi connectivity index (χ3n) is 2.95. The van der Waals surface area contributed by atoms with E-state index >= 15 is 0 Å². The fraction of sp³-hybridized carbons (Fsp3) is 0.636. The normalized spacial score (nSPS) is 13.9. The van der Waals surface area contributed by atoms with Crippen LogP contribution in [0.15, 0.2) is 4.52 Å². The lowest BCUT2D eigenvalue weighted by Gasteiger charge is -2.25. The van der Waals surface area contributed by atoms with Gasteiger partial charge in [-0.25, -0.2) is 0 Å². The molecular weight excluding hydrogens is 252 g/mol. The van der Waals surface area contributed by atoms with Gasteiger partial charge in [0.2, 0.25) is 11.8 Å². The summed E-state index contributed by atoms with van der Waals surface area (Å²) in [5, 5.41) is 6.45. The van der Waals surface area contributed by atoms with E-state index in [0.29, 0.717) is 31.1 Å². The van der Waals surface area contributed by atoms with Crippen LogP contribution >= 0.6 is 12.2 Å². The summed E-state index contributed by atoms with van der Waals surface area (Å²) in [5.74, 6) is 0.910. The van der Waals surface area contributed by atoms with Gasteiger partial charge < -0.3 is 15.6 Å². The zero-order valence-corrected chi connectivity index (χ0v) is 11.6. The molecule has 18 heavy (non-hydrogen) atoms. The third-order valence-corrected chi connectivity index (χ3v) is 3.40. The number of hydrogen-bond acceptors (Lipinski definition) is 5. The molecule has 0 aromatic carbocycles. The zero-order valence-electron chi connectivity index (χ0n) is 10.8.